The standard InChI is InChI=1S/C18H22N4O2/c23-17(9-8-16-20-14-6-1-2-7-15(14)21-16)22-10-12-4-3-5-13(11-22)19-18(12)24/h1-2,6-7,12-13H,3-5,8-11H2,(H,19,24)(H,20,21)/t12-,13+/m0/s1. The summed E-state index contributed by atoms with van der Waals surface area (Å²) >= 11 is 0. The van der Waals surface area contributed by atoms with Gasteiger partial charge in [0.25, 0.3) is 0 Å². The molecule has 4 rings (SSSR count). The minimum absolute atomic E-state index is 0.0485. The number of carbonyl (C=O) groups is 2. The lowest BCUT2D eigenvalue weighted by atomic mass is 9.99. The molecule has 2 aromatic rings. The van der Waals surface area contributed by atoms with Gasteiger partial charge < -0.3 is 15.2 Å². The molecule has 2 N–H and O–H groups in total. The highest BCUT2D eigenvalue weighted by atomic mass is 16.2. The van der Waals surface area contributed by atoms with E-state index in [4.69, 9.17) is 0 Å². The number of carbonyl (C=O) groups excluding carboxylic acids is 2. The number of H-pyrrole nitrogens is 1. The number of aryl methyl sites for hydroxylation is 1. The van der Waals surface area contributed by atoms with Crippen LogP contribution >= 0.6 is 0 Å². The Bertz CT molecular complexity index is 736. The van der Waals surface area contributed by atoms with Crippen LogP contribution in [-0.2, 0) is 16.0 Å². The second kappa shape index (κ2) is 6.26. The van der Waals surface area contributed by atoms with Crippen molar-refractivity contribution >= 4 is 22.8 Å². The molecule has 0 radical (unpaired) electrons. The molecule has 3 heterocycles. The van der Waals surface area contributed by atoms with E-state index in [2.05, 4.69) is 15.3 Å². The van der Waals surface area contributed by atoms with Crippen LogP contribution in [0, 0.1) is 5.92 Å². The first kappa shape index (κ1) is 15.2. The number of nitrogens with one attached hydrogen (secondary N) is 2. The number of hydrogen-bond donors (Lipinski definition) is 2. The Morgan fingerprint density at radius 1 is 1.25 bits per heavy atom. The summed E-state index contributed by atoms with van der Waals surface area (Å²) < 4.78 is 0. The van der Waals surface area contributed by atoms with Crippen molar-refractivity contribution < 1.29 is 9.59 Å². The highest BCUT2D eigenvalue weighted by molar-refractivity contribution is 5.82. The van der Waals surface area contributed by atoms with Crippen LogP contribution in [0.3, 0.4) is 0 Å². The van der Waals surface area contributed by atoms with Gasteiger partial charge in [-0.25, -0.2) is 4.98 Å². The summed E-state index contributed by atoms with van der Waals surface area (Å²) in [6.07, 6.45) is 3.94. The van der Waals surface area contributed by atoms with Gasteiger partial charge in [-0.1, -0.05) is 18.6 Å². The van der Waals surface area contributed by atoms with E-state index >= 15 is 0 Å². The molecule has 2 atom stereocenters. The van der Waals surface area contributed by atoms with Crippen molar-refractivity contribution in [2.75, 3.05) is 13.1 Å². The molecule has 2 aliphatic heterocycles. The third kappa shape index (κ3) is 3.00. The lowest BCUT2D eigenvalue weighted by molar-refractivity contribution is -0.132. The van der Waals surface area contributed by atoms with E-state index in [9.17, 15) is 9.59 Å². The molecular weight excluding hydrogens is 304 g/mol. The third-order valence-electron chi connectivity index (χ3n) is 5.07. The van der Waals surface area contributed by atoms with Crippen LogP contribution in [-0.4, -0.2) is 45.8 Å². The summed E-state index contributed by atoms with van der Waals surface area (Å²) in [6.45, 7) is 1.20. The molecule has 0 aliphatic carbocycles. The molecule has 2 bridgehead atoms. The predicted molar refractivity (Wildman–Crippen MR) is 90.3 cm³/mol. The minimum Gasteiger partial charge on any atom is -0.351 e. The average molecular weight is 326 g/mol. The molecule has 0 spiro atoms. The number of likely N-dealkylation sites (tertiary alicyclic amines) is 1. The Labute approximate surface area is 140 Å². The zero-order chi connectivity index (χ0) is 16.5. The van der Waals surface area contributed by atoms with Gasteiger partial charge in [0.2, 0.25) is 11.8 Å². The monoisotopic (exact) mass is 326 g/mol. The highest BCUT2D eigenvalue weighted by Crippen LogP contribution is 2.22. The topological polar surface area (TPSA) is 78.1 Å². The van der Waals surface area contributed by atoms with E-state index in [0.717, 1.165) is 36.1 Å². The van der Waals surface area contributed by atoms with Crippen LogP contribution in [0.25, 0.3) is 11.0 Å². The van der Waals surface area contributed by atoms with Gasteiger partial charge in [-0.2, -0.15) is 0 Å². The first-order chi connectivity index (χ1) is 11.7. The number of aromatic amines is 1. The summed E-state index contributed by atoms with van der Waals surface area (Å²) in [6, 6.07) is 7.99. The Morgan fingerprint density at radius 2 is 2.12 bits per heavy atom. The van der Waals surface area contributed by atoms with Gasteiger partial charge in [-0.3, -0.25) is 9.59 Å². The number of nitrogens with zero attached hydrogens (tertiary/aromatic N) is 2. The number of rotatable bonds is 3. The number of benzene rings is 1. The second-order valence-electron chi connectivity index (χ2n) is 6.83. The Hall–Kier alpha value is -2.37. The molecule has 1 aromatic carbocycles. The fraction of sp³-hybridized carbons (Fsp3) is 0.500. The van der Waals surface area contributed by atoms with Gasteiger partial charge in [0.05, 0.1) is 17.0 Å². The van der Waals surface area contributed by atoms with Crippen LogP contribution in [0.2, 0.25) is 0 Å². The van der Waals surface area contributed by atoms with E-state index < -0.39 is 0 Å². The van der Waals surface area contributed by atoms with Gasteiger partial charge >= 0.3 is 0 Å². The van der Waals surface area contributed by atoms with Crippen LogP contribution in [0.5, 0.6) is 0 Å². The van der Waals surface area contributed by atoms with Crippen LogP contribution < -0.4 is 5.32 Å². The lowest BCUT2D eigenvalue weighted by Gasteiger charge is -2.27. The van der Waals surface area contributed by atoms with Crippen molar-refractivity contribution in [3.63, 3.8) is 0 Å². The van der Waals surface area contributed by atoms with Gasteiger partial charge in [-0.05, 0) is 25.0 Å². The van der Waals surface area contributed by atoms with E-state index in [1.807, 2.05) is 29.2 Å². The molecule has 0 unspecified atom stereocenters. The number of imidazole rings is 1. The Kier molecular flexibility index (Phi) is 3.96. The number of fused-ring (bicyclic) bond motifs is 4. The third-order valence-corrected chi connectivity index (χ3v) is 5.07. The van der Waals surface area contributed by atoms with Crippen molar-refractivity contribution in [2.24, 2.45) is 5.92 Å². The number of para-hydroxylation sites is 2. The largest absolute Gasteiger partial charge is 0.351 e. The molecule has 2 amide bonds. The van der Waals surface area contributed by atoms with Crippen molar-refractivity contribution in [1.82, 2.24) is 20.2 Å². The summed E-state index contributed by atoms with van der Waals surface area (Å²) in [4.78, 5) is 34.4. The summed E-state index contributed by atoms with van der Waals surface area (Å²) in [7, 11) is 0. The average Bonchev–Trinajstić information content (AvgIpc) is 2.81. The normalized spacial score (nSPS) is 23.8. The Balaban J connectivity index is 1.41. The fourth-order valence-electron chi connectivity index (χ4n) is 3.76. The summed E-state index contributed by atoms with van der Waals surface area (Å²) in [5, 5.41) is 3.07. The van der Waals surface area contributed by atoms with E-state index in [0.29, 0.717) is 25.9 Å². The molecule has 1 aromatic heterocycles. The van der Waals surface area contributed by atoms with Crippen LogP contribution in [0.15, 0.2) is 24.3 Å². The molecule has 2 saturated heterocycles. The summed E-state index contributed by atoms with van der Waals surface area (Å²) in [5.74, 6) is 1.02. The van der Waals surface area contributed by atoms with Crippen LogP contribution in [0.4, 0.5) is 0 Å². The molecule has 24 heavy (non-hydrogen) atoms. The molecular formula is C18H22N4O2. The van der Waals surface area contributed by atoms with Gasteiger partial charge in [0.15, 0.2) is 0 Å². The SMILES string of the molecule is O=C1N[C@@H]2CCC[C@H]1CN(C(=O)CCc1nc3ccccc3[nH]1)C2. The van der Waals surface area contributed by atoms with Crippen molar-refractivity contribution in [3.8, 4) is 0 Å². The zero-order valence-electron chi connectivity index (χ0n) is 13.6. The maximum absolute atomic E-state index is 12.6. The number of hydrogen-bond acceptors (Lipinski definition) is 3. The number of aromatic nitrogens is 2. The zero-order valence-corrected chi connectivity index (χ0v) is 13.6. The first-order valence-electron chi connectivity index (χ1n) is 8.71. The fourth-order valence-corrected chi connectivity index (χ4v) is 3.76. The van der Waals surface area contributed by atoms with Gasteiger partial charge in [0, 0.05) is 32.0 Å². The smallest absolute Gasteiger partial charge is 0.225 e. The predicted octanol–water partition coefficient (Wildman–Crippen LogP) is 1.62. The second-order valence-corrected chi connectivity index (χ2v) is 6.83. The van der Waals surface area contributed by atoms with Crippen molar-refractivity contribution in [3.05, 3.63) is 30.1 Å². The van der Waals surface area contributed by atoms with E-state index in [1.165, 1.54) is 0 Å². The molecule has 2 aliphatic rings. The maximum Gasteiger partial charge on any atom is 0.225 e. The number of amides is 2. The summed E-state index contributed by atoms with van der Waals surface area (Å²) in [5.41, 5.74) is 1.93. The molecule has 2 fully saturated rings. The quantitative estimate of drug-likeness (QED) is 0.900. The first-order valence-corrected chi connectivity index (χ1v) is 8.71. The maximum atomic E-state index is 12.6. The van der Waals surface area contributed by atoms with Gasteiger partial charge in [-0.15, -0.1) is 0 Å². The van der Waals surface area contributed by atoms with E-state index in [1.54, 1.807) is 0 Å². The van der Waals surface area contributed by atoms with Crippen molar-refractivity contribution in [2.45, 2.75) is 38.1 Å². The molecule has 126 valence electrons. The van der Waals surface area contributed by atoms with Crippen molar-refractivity contribution in [1.29, 1.82) is 0 Å². The minimum atomic E-state index is -0.0485. The lowest BCUT2D eigenvalue weighted by Crippen LogP contribution is -2.41. The molecule has 6 heteroatoms. The molecule has 0 saturated carbocycles. The van der Waals surface area contributed by atoms with Gasteiger partial charge in [0.1, 0.15) is 5.82 Å². The van der Waals surface area contributed by atoms with Crippen LogP contribution in [0.1, 0.15) is 31.5 Å². The highest BCUT2D eigenvalue weighted by Gasteiger charge is 2.34. The van der Waals surface area contributed by atoms with E-state index in [-0.39, 0.29) is 23.8 Å². The molecule has 6 nitrogen and oxygen atoms in total. The Morgan fingerprint density at radius 3 is 3.00 bits per heavy atom.